The molecule has 1 N–H and O–H groups in total. The summed E-state index contributed by atoms with van der Waals surface area (Å²) in [6.07, 6.45) is -4.44. The molecule has 1 aromatic carbocycles. The SMILES string of the molecule is CN(C)C(=S)C(C)(O)c1cccc(C(F)(F)F)c1. The van der Waals surface area contributed by atoms with Gasteiger partial charge in [0.2, 0.25) is 0 Å². The van der Waals surface area contributed by atoms with Crippen LogP contribution in [0.25, 0.3) is 0 Å². The van der Waals surface area contributed by atoms with Crippen molar-refractivity contribution in [2.24, 2.45) is 0 Å². The van der Waals surface area contributed by atoms with Crippen molar-refractivity contribution >= 4 is 17.2 Å². The molecule has 0 aliphatic heterocycles. The lowest BCUT2D eigenvalue weighted by Gasteiger charge is -2.29. The Hall–Kier alpha value is -1.14. The van der Waals surface area contributed by atoms with Gasteiger partial charge >= 0.3 is 6.18 Å². The maximum absolute atomic E-state index is 12.6. The van der Waals surface area contributed by atoms with Crippen molar-refractivity contribution < 1.29 is 18.3 Å². The van der Waals surface area contributed by atoms with Gasteiger partial charge < -0.3 is 10.0 Å². The zero-order chi connectivity index (χ0) is 14.1. The molecule has 0 spiro atoms. The topological polar surface area (TPSA) is 23.5 Å². The molecule has 0 heterocycles. The van der Waals surface area contributed by atoms with Gasteiger partial charge in [-0.1, -0.05) is 24.4 Å². The van der Waals surface area contributed by atoms with Crippen molar-refractivity contribution in [3.8, 4) is 0 Å². The Bertz CT molecular complexity index is 455. The van der Waals surface area contributed by atoms with Crippen LogP contribution in [-0.4, -0.2) is 29.1 Å². The van der Waals surface area contributed by atoms with Gasteiger partial charge in [0, 0.05) is 14.1 Å². The molecule has 0 amide bonds. The predicted octanol–water partition coefficient (Wildman–Crippen LogP) is 2.80. The second-order valence-electron chi connectivity index (χ2n) is 4.35. The average Bonchev–Trinajstić information content (AvgIpc) is 2.27. The first-order chi connectivity index (χ1) is 8.06. The van der Waals surface area contributed by atoms with E-state index in [0.717, 1.165) is 12.1 Å². The normalized spacial score (nSPS) is 15.1. The van der Waals surface area contributed by atoms with Crippen molar-refractivity contribution in [3.63, 3.8) is 0 Å². The monoisotopic (exact) mass is 277 g/mol. The lowest BCUT2D eigenvalue weighted by atomic mass is 9.93. The fourth-order valence-electron chi connectivity index (χ4n) is 1.56. The van der Waals surface area contributed by atoms with Crippen LogP contribution in [0.5, 0.6) is 0 Å². The summed E-state index contributed by atoms with van der Waals surface area (Å²) in [6.45, 7) is 1.38. The maximum Gasteiger partial charge on any atom is 0.416 e. The van der Waals surface area contributed by atoms with E-state index in [1.165, 1.54) is 24.0 Å². The highest BCUT2D eigenvalue weighted by atomic mass is 32.1. The van der Waals surface area contributed by atoms with Crippen molar-refractivity contribution in [1.82, 2.24) is 4.90 Å². The summed E-state index contributed by atoms with van der Waals surface area (Å²) in [4.78, 5) is 1.65. The Kier molecular flexibility index (Phi) is 4.02. The van der Waals surface area contributed by atoms with Crippen LogP contribution in [0.15, 0.2) is 24.3 Å². The Labute approximate surface area is 109 Å². The zero-order valence-corrected chi connectivity index (χ0v) is 11.1. The highest BCUT2D eigenvalue weighted by molar-refractivity contribution is 7.80. The first-order valence-corrected chi connectivity index (χ1v) is 5.59. The van der Waals surface area contributed by atoms with E-state index in [-0.39, 0.29) is 10.6 Å². The summed E-state index contributed by atoms with van der Waals surface area (Å²) in [5.74, 6) is 0. The van der Waals surface area contributed by atoms with Gasteiger partial charge in [-0.3, -0.25) is 0 Å². The van der Waals surface area contributed by atoms with E-state index < -0.39 is 17.3 Å². The summed E-state index contributed by atoms with van der Waals surface area (Å²) in [5, 5.41) is 10.3. The Balaban J connectivity index is 3.22. The Morgan fingerprint density at radius 2 is 1.72 bits per heavy atom. The number of nitrogens with zero attached hydrogens (tertiary/aromatic N) is 1. The lowest BCUT2D eigenvalue weighted by Crippen LogP contribution is -2.40. The van der Waals surface area contributed by atoms with Gasteiger partial charge in [-0.25, -0.2) is 0 Å². The second-order valence-corrected chi connectivity index (χ2v) is 4.74. The highest BCUT2D eigenvalue weighted by Crippen LogP contribution is 2.32. The summed E-state index contributed by atoms with van der Waals surface area (Å²) >= 11 is 5.03. The van der Waals surface area contributed by atoms with E-state index in [4.69, 9.17) is 12.2 Å². The van der Waals surface area contributed by atoms with Crippen molar-refractivity contribution in [1.29, 1.82) is 0 Å². The molecular weight excluding hydrogens is 263 g/mol. The minimum absolute atomic E-state index is 0.121. The van der Waals surface area contributed by atoms with Crippen LogP contribution in [0.4, 0.5) is 13.2 Å². The van der Waals surface area contributed by atoms with Gasteiger partial charge in [0.05, 0.1) is 5.56 Å². The van der Waals surface area contributed by atoms with Crippen LogP contribution < -0.4 is 0 Å². The number of aliphatic hydroxyl groups is 1. The van der Waals surface area contributed by atoms with Crippen LogP contribution >= 0.6 is 12.2 Å². The van der Waals surface area contributed by atoms with Crippen LogP contribution in [0.2, 0.25) is 0 Å². The van der Waals surface area contributed by atoms with Gasteiger partial charge in [0.15, 0.2) is 0 Å². The number of likely N-dealkylation sites (N-methyl/N-ethyl adjacent to an activating group) is 1. The average molecular weight is 277 g/mol. The molecule has 18 heavy (non-hydrogen) atoms. The third-order valence-electron chi connectivity index (χ3n) is 2.57. The second kappa shape index (κ2) is 4.85. The van der Waals surface area contributed by atoms with E-state index >= 15 is 0 Å². The number of benzene rings is 1. The first-order valence-electron chi connectivity index (χ1n) is 5.18. The molecule has 1 rings (SSSR count). The Morgan fingerprint density at radius 1 is 1.22 bits per heavy atom. The number of rotatable bonds is 2. The molecule has 0 aliphatic carbocycles. The van der Waals surface area contributed by atoms with E-state index in [0.29, 0.717) is 0 Å². The first kappa shape index (κ1) is 14.9. The smallest absolute Gasteiger partial charge is 0.378 e. The van der Waals surface area contributed by atoms with Gasteiger partial charge in [0.25, 0.3) is 0 Å². The van der Waals surface area contributed by atoms with E-state index in [2.05, 4.69) is 0 Å². The van der Waals surface area contributed by atoms with Crippen LogP contribution in [0.3, 0.4) is 0 Å². The summed E-state index contributed by atoms with van der Waals surface area (Å²) in [7, 11) is 3.26. The quantitative estimate of drug-likeness (QED) is 0.841. The van der Waals surface area contributed by atoms with E-state index in [9.17, 15) is 18.3 Å². The number of hydrogen-bond donors (Lipinski definition) is 1. The molecule has 1 aromatic rings. The molecule has 100 valence electrons. The number of halogens is 3. The number of hydrogen-bond acceptors (Lipinski definition) is 2. The standard InChI is InChI=1S/C12H14F3NOS/c1-11(17,10(18)16(2)3)8-5-4-6-9(7-8)12(13,14)15/h4-7,17H,1-3H3. The fourth-order valence-corrected chi connectivity index (χ4v) is 1.68. The molecule has 1 unspecified atom stereocenters. The summed E-state index contributed by atoms with van der Waals surface area (Å²) < 4.78 is 37.8. The van der Waals surface area contributed by atoms with Gasteiger partial charge in [-0.05, 0) is 24.6 Å². The number of alkyl halides is 3. The predicted molar refractivity (Wildman–Crippen MR) is 67.3 cm³/mol. The van der Waals surface area contributed by atoms with E-state index in [1.807, 2.05) is 0 Å². The minimum atomic E-state index is -4.44. The van der Waals surface area contributed by atoms with Gasteiger partial charge in [0.1, 0.15) is 10.6 Å². The molecular formula is C12H14F3NOS. The van der Waals surface area contributed by atoms with Crippen LogP contribution in [0.1, 0.15) is 18.1 Å². The third-order valence-corrected chi connectivity index (χ3v) is 3.34. The molecule has 0 saturated heterocycles. The van der Waals surface area contributed by atoms with Gasteiger partial charge in [-0.15, -0.1) is 0 Å². The third kappa shape index (κ3) is 3.00. The molecule has 0 bridgehead atoms. The molecule has 0 aromatic heterocycles. The van der Waals surface area contributed by atoms with Gasteiger partial charge in [-0.2, -0.15) is 13.2 Å². The molecule has 0 saturated carbocycles. The number of thiocarbonyl (C=S) groups is 1. The largest absolute Gasteiger partial charge is 0.416 e. The molecule has 2 nitrogen and oxygen atoms in total. The fraction of sp³-hybridized carbons (Fsp3) is 0.417. The molecule has 0 radical (unpaired) electrons. The molecule has 0 aliphatic rings. The molecule has 0 fully saturated rings. The molecule has 1 atom stereocenters. The van der Waals surface area contributed by atoms with Crippen LogP contribution in [0, 0.1) is 0 Å². The van der Waals surface area contributed by atoms with Crippen LogP contribution in [-0.2, 0) is 11.8 Å². The highest BCUT2D eigenvalue weighted by Gasteiger charge is 2.35. The zero-order valence-electron chi connectivity index (χ0n) is 10.2. The summed E-state index contributed by atoms with van der Waals surface area (Å²) in [5.41, 5.74) is -2.29. The summed E-state index contributed by atoms with van der Waals surface area (Å²) in [6, 6.07) is 4.55. The van der Waals surface area contributed by atoms with E-state index in [1.54, 1.807) is 14.1 Å². The Morgan fingerprint density at radius 3 is 2.17 bits per heavy atom. The molecule has 6 heteroatoms. The minimum Gasteiger partial charge on any atom is -0.378 e. The van der Waals surface area contributed by atoms with Crippen molar-refractivity contribution in [3.05, 3.63) is 35.4 Å². The lowest BCUT2D eigenvalue weighted by molar-refractivity contribution is -0.137. The van der Waals surface area contributed by atoms with Crippen molar-refractivity contribution in [2.45, 2.75) is 18.7 Å². The maximum atomic E-state index is 12.6. The van der Waals surface area contributed by atoms with Crippen molar-refractivity contribution in [2.75, 3.05) is 14.1 Å².